The van der Waals surface area contributed by atoms with E-state index in [4.69, 9.17) is 4.74 Å². The van der Waals surface area contributed by atoms with Crippen molar-refractivity contribution in [2.24, 2.45) is 5.92 Å². The summed E-state index contributed by atoms with van der Waals surface area (Å²) in [4.78, 5) is 0. The Bertz CT molecular complexity index is 323. The van der Waals surface area contributed by atoms with E-state index in [1.807, 2.05) is 24.3 Å². The van der Waals surface area contributed by atoms with Gasteiger partial charge in [-0.2, -0.15) is 0 Å². The molecule has 0 aliphatic carbocycles. The molecule has 0 N–H and O–H groups in total. The van der Waals surface area contributed by atoms with Crippen molar-refractivity contribution in [3.8, 4) is 0 Å². The summed E-state index contributed by atoms with van der Waals surface area (Å²) in [5.41, 5.74) is 0.774. The van der Waals surface area contributed by atoms with Crippen molar-refractivity contribution in [1.82, 2.24) is 0 Å². The summed E-state index contributed by atoms with van der Waals surface area (Å²) in [5.74, 6) is 0.119. The maximum absolute atomic E-state index is 14.1. The van der Waals surface area contributed by atoms with Crippen LogP contribution in [0.25, 0.3) is 0 Å². The van der Waals surface area contributed by atoms with Crippen LogP contribution in [0, 0.1) is 5.92 Å². The highest BCUT2D eigenvalue weighted by Crippen LogP contribution is 2.33. The molecule has 1 aromatic carbocycles. The number of hydrogen-bond donors (Lipinski definition) is 0. The third kappa shape index (κ3) is 2.79. The van der Waals surface area contributed by atoms with Crippen LogP contribution in [0.1, 0.15) is 24.6 Å². The highest BCUT2D eigenvalue weighted by molar-refractivity contribution is 9.10. The van der Waals surface area contributed by atoms with Gasteiger partial charge in [-0.1, -0.05) is 28.1 Å². The minimum Gasteiger partial charge on any atom is -0.381 e. The molecule has 0 radical (unpaired) electrons. The van der Waals surface area contributed by atoms with E-state index in [-0.39, 0.29) is 5.92 Å². The van der Waals surface area contributed by atoms with Gasteiger partial charge >= 0.3 is 0 Å². The van der Waals surface area contributed by atoms with Crippen LogP contribution in [-0.4, -0.2) is 13.2 Å². The highest BCUT2D eigenvalue weighted by Gasteiger charge is 2.24. The molecule has 0 saturated carbocycles. The Morgan fingerprint density at radius 2 is 2.07 bits per heavy atom. The summed E-state index contributed by atoms with van der Waals surface area (Å²) < 4.78 is 20.3. The van der Waals surface area contributed by atoms with Gasteiger partial charge in [-0.25, -0.2) is 4.39 Å². The van der Waals surface area contributed by atoms with Gasteiger partial charge in [0, 0.05) is 17.7 Å². The molecule has 1 atom stereocenters. The molecular weight excluding hydrogens is 259 g/mol. The minimum absolute atomic E-state index is 0.119. The summed E-state index contributed by atoms with van der Waals surface area (Å²) in [5, 5.41) is 0. The predicted molar refractivity (Wildman–Crippen MR) is 61.5 cm³/mol. The Morgan fingerprint density at radius 3 is 2.73 bits per heavy atom. The monoisotopic (exact) mass is 272 g/mol. The van der Waals surface area contributed by atoms with Gasteiger partial charge in [0.2, 0.25) is 0 Å². The van der Waals surface area contributed by atoms with Gasteiger partial charge in [0.25, 0.3) is 0 Å². The number of alkyl halides is 1. The maximum atomic E-state index is 14.1. The SMILES string of the molecule is FC(c1cccc(Br)c1)C1CCOCC1. The fourth-order valence-corrected chi connectivity index (χ4v) is 2.38. The van der Waals surface area contributed by atoms with Crippen molar-refractivity contribution in [2.45, 2.75) is 19.0 Å². The molecule has 0 aromatic heterocycles. The van der Waals surface area contributed by atoms with Gasteiger partial charge in [-0.3, -0.25) is 0 Å². The molecule has 0 bridgehead atoms. The number of halogens is 2. The van der Waals surface area contributed by atoms with Crippen LogP contribution in [0.2, 0.25) is 0 Å². The number of rotatable bonds is 2. The standard InChI is InChI=1S/C12H14BrFO/c13-11-3-1-2-10(8-11)12(14)9-4-6-15-7-5-9/h1-3,8-9,12H,4-7H2. The zero-order chi connectivity index (χ0) is 10.7. The fourth-order valence-electron chi connectivity index (χ4n) is 1.96. The fraction of sp³-hybridized carbons (Fsp3) is 0.500. The zero-order valence-corrected chi connectivity index (χ0v) is 10.0. The van der Waals surface area contributed by atoms with Gasteiger partial charge in [0.05, 0.1) is 0 Å². The maximum Gasteiger partial charge on any atom is 0.128 e. The Hall–Kier alpha value is -0.410. The van der Waals surface area contributed by atoms with Crippen LogP contribution in [-0.2, 0) is 4.74 Å². The zero-order valence-electron chi connectivity index (χ0n) is 8.46. The molecule has 1 aliphatic rings. The molecule has 0 spiro atoms. The molecule has 3 heteroatoms. The number of ether oxygens (including phenoxy) is 1. The molecule has 1 unspecified atom stereocenters. The third-order valence-corrected chi connectivity index (χ3v) is 3.34. The molecule has 0 amide bonds. The second-order valence-corrected chi connectivity index (χ2v) is 4.82. The minimum atomic E-state index is -0.855. The average Bonchev–Trinajstić information content (AvgIpc) is 2.29. The first-order valence-corrected chi connectivity index (χ1v) is 6.04. The van der Waals surface area contributed by atoms with E-state index in [0.29, 0.717) is 13.2 Å². The van der Waals surface area contributed by atoms with Crippen molar-refractivity contribution < 1.29 is 9.13 Å². The summed E-state index contributed by atoms with van der Waals surface area (Å²) in [6.07, 6.45) is 0.799. The summed E-state index contributed by atoms with van der Waals surface area (Å²) in [7, 11) is 0. The number of benzene rings is 1. The number of hydrogen-bond acceptors (Lipinski definition) is 1. The quantitative estimate of drug-likeness (QED) is 0.794. The van der Waals surface area contributed by atoms with Gasteiger partial charge < -0.3 is 4.74 Å². The Kier molecular flexibility index (Phi) is 3.76. The summed E-state index contributed by atoms with van der Waals surface area (Å²) in [6, 6.07) is 7.51. The van der Waals surface area contributed by atoms with Gasteiger partial charge in [0.15, 0.2) is 0 Å². The molecule has 1 nitrogen and oxygen atoms in total. The third-order valence-electron chi connectivity index (χ3n) is 2.85. The van der Waals surface area contributed by atoms with Crippen LogP contribution in [0.5, 0.6) is 0 Å². The topological polar surface area (TPSA) is 9.23 Å². The predicted octanol–water partition coefficient (Wildman–Crippen LogP) is 3.89. The van der Waals surface area contributed by atoms with E-state index >= 15 is 0 Å². The lowest BCUT2D eigenvalue weighted by Crippen LogP contribution is -2.19. The molecule has 82 valence electrons. The molecule has 15 heavy (non-hydrogen) atoms. The smallest absolute Gasteiger partial charge is 0.128 e. The molecular formula is C12H14BrFO. The van der Waals surface area contributed by atoms with Crippen LogP contribution < -0.4 is 0 Å². The van der Waals surface area contributed by atoms with E-state index in [2.05, 4.69) is 15.9 Å². The van der Waals surface area contributed by atoms with Crippen LogP contribution in [0.3, 0.4) is 0 Å². The Labute approximate surface area is 97.8 Å². The summed E-state index contributed by atoms with van der Waals surface area (Å²) >= 11 is 3.36. The van der Waals surface area contributed by atoms with E-state index in [1.54, 1.807) is 0 Å². The van der Waals surface area contributed by atoms with Crippen molar-refractivity contribution in [1.29, 1.82) is 0 Å². The van der Waals surface area contributed by atoms with Gasteiger partial charge in [-0.15, -0.1) is 0 Å². The molecule has 1 aromatic rings. The molecule has 1 aliphatic heterocycles. The lowest BCUT2D eigenvalue weighted by Gasteiger charge is -2.25. The summed E-state index contributed by atoms with van der Waals surface area (Å²) in [6.45, 7) is 1.39. The normalized spacial score (nSPS) is 20.1. The first kappa shape index (κ1) is 11.1. The van der Waals surface area contributed by atoms with Crippen molar-refractivity contribution >= 4 is 15.9 Å². The van der Waals surface area contributed by atoms with Crippen LogP contribution in [0.15, 0.2) is 28.7 Å². The van der Waals surface area contributed by atoms with Gasteiger partial charge in [0.1, 0.15) is 6.17 Å². The average molecular weight is 273 g/mol. The van der Waals surface area contributed by atoms with Crippen molar-refractivity contribution in [3.05, 3.63) is 34.3 Å². The van der Waals surface area contributed by atoms with Crippen molar-refractivity contribution in [2.75, 3.05) is 13.2 Å². The molecule has 1 saturated heterocycles. The molecule has 1 heterocycles. The van der Waals surface area contributed by atoms with E-state index in [1.165, 1.54) is 0 Å². The molecule has 1 fully saturated rings. The second kappa shape index (κ2) is 5.08. The lowest BCUT2D eigenvalue weighted by atomic mass is 9.90. The van der Waals surface area contributed by atoms with Gasteiger partial charge in [-0.05, 0) is 36.5 Å². The van der Waals surface area contributed by atoms with Crippen molar-refractivity contribution in [3.63, 3.8) is 0 Å². The first-order chi connectivity index (χ1) is 7.27. The Balaban J connectivity index is 2.08. The largest absolute Gasteiger partial charge is 0.381 e. The van der Waals surface area contributed by atoms with E-state index in [0.717, 1.165) is 22.9 Å². The van der Waals surface area contributed by atoms with Crippen LogP contribution >= 0.6 is 15.9 Å². The first-order valence-electron chi connectivity index (χ1n) is 5.24. The van der Waals surface area contributed by atoms with E-state index < -0.39 is 6.17 Å². The highest BCUT2D eigenvalue weighted by atomic mass is 79.9. The molecule has 2 rings (SSSR count). The van der Waals surface area contributed by atoms with Crippen LogP contribution in [0.4, 0.5) is 4.39 Å². The Morgan fingerprint density at radius 1 is 1.33 bits per heavy atom. The second-order valence-electron chi connectivity index (χ2n) is 3.91. The lowest BCUT2D eigenvalue weighted by molar-refractivity contribution is 0.0365. The van der Waals surface area contributed by atoms with E-state index in [9.17, 15) is 4.39 Å².